The van der Waals surface area contributed by atoms with E-state index in [0.717, 1.165) is 9.87 Å². The fourth-order valence-electron chi connectivity index (χ4n) is 3.59. The van der Waals surface area contributed by atoms with E-state index in [1.54, 1.807) is 36.4 Å². The maximum atomic E-state index is 13.4. The molecule has 4 rings (SSSR count). The first-order valence-corrected chi connectivity index (χ1v) is 14.6. The minimum atomic E-state index is -4.09. The molecule has 0 unspecified atom stereocenters. The van der Waals surface area contributed by atoms with Gasteiger partial charge in [-0.2, -0.15) is 9.41 Å². The zero-order chi connectivity index (χ0) is 28.5. The topological polar surface area (TPSA) is 88.1 Å². The van der Waals surface area contributed by atoms with Crippen molar-refractivity contribution in [1.82, 2.24) is 9.73 Å². The second-order valence-corrected chi connectivity index (χ2v) is 11.8. The first kappa shape index (κ1) is 29.6. The number of benzene rings is 4. The number of amides is 1. The molecule has 7 nitrogen and oxygen atoms in total. The molecule has 206 valence electrons. The van der Waals surface area contributed by atoms with Crippen molar-refractivity contribution in [2.45, 2.75) is 18.0 Å². The maximum absolute atomic E-state index is 13.4. The molecule has 0 saturated heterocycles. The number of nitrogens with one attached hydrogen (secondary N) is 1. The van der Waals surface area contributed by atoms with Gasteiger partial charge in [0.1, 0.15) is 12.4 Å². The number of sulfonamides is 1. The highest BCUT2D eigenvalue weighted by atomic mass is 35.5. The first-order chi connectivity index (χ1) is 19.2. The molecule has 0 aliphatic heterocycles. The summed E-state index contributed by atoms with van der Waals surface area (Å²) in [6.45, 7) is -0.225. The van der Waals surface area contributed by atoms with Gasteiger partial charge in [-0.3, -0.25) is 4.79 Å². The van der Waals surface area contributed by atoms with Crippen molar-refractivity contribution in [2.75, 3.05) is 6.54 Å². The highest BCUT2D eigenvalue weighted by Gasteiger charge is 2.27. The van der Waals surface area contributed by atoms with E-state index >= 15 is 0 Å². The van der Waals surface area contributed by atoms with Gasteiger partial charge in [-0.15, -0.1) is 0 Å². The van der Waals surface area contributed by atoms with E-state index in [-0.39, 0.29) is 16.5 Å². The summed E-state index contributed by atoms with van der Waals surface area (Å²) in [5.41, 5.74) is 4.63. The molecule has 0 heterocycles. The third-order valence-corrected chi connectivity index (χ3v) is 8.31. The van der Waals surface area contributed by atoms with Gasteiger partial charge in [-0.25, -0.2) is 13.8 Å². The molecular weight excluding hydrogens is 593 g/mol. The van der Waals surface area contributed by atoms with Crippen molar-refractivity contribution < 1.29 is 17.9 Å². The van der Waals surface area contributed by atoms with Gasteiger partial charge in [0.15, 0.2) is 0 Å². The van der Waals surface area contributed by atoms with E-state index in [2.05, 4.69) is 10.5 Å². The predicted molar refractivity (Wildman–Crippen MR) is 158 cm³/mol. The van der Waals surface area contributed by atoms with Crippen LogP contribution in [0.2, 0.25) is 15.1 Å². The summed E-state index contributed by atoms with van der Waals surface area (Å²) in [5.74, 6) is 0.0515. The average Bonchev–Trinajstić information content (AvgIpc) is 2.94. The molecule has 0 aromatic heterocycles. The Balaban J connectivity index is 1.41. The lowest BCUT2D eigenvalue weighted by Crippen LogP contribution is -2.39. The van der Waals surface area contributed by atoms with Crippen LogP contribution < -0.4 is 10.2 Å². The van der Waals surface area contributed by atoms with Crippen LogP contribution in [0.3, 0.4) is 0 Å². The van der Waals surface area contributed by atoms with Crippen molar-refractivity contribution in [1.29, 1.82) is 0 Å². The van der Waals surface area contributed by atoms with Gasteiger partial charge < -0.3 is 4.74 Å². The summed E-state index contributed by atoms with van der Waals surface area (Å²) in [5, 5.41) is 5.04. The third-order valence-electron chi connectivity index (χ3n) is 5.66. The zero-order valence-electron chi connectivity index (χ0n) is 21.0. The second kappa shape index (κ2) is 13.8. The lowest BCUT2D eigenvalue weighted by molar-refractivity contribution is -0.121. The molecule has 0 bridgehead atoms. The summed E-state index contributed by atoms with van der Waals surface area (Å²) in [6, 6.07) is 27.4. The Morgan fingerprint density at radius 2 is 1.55 bits per heavy atom. The van der Waals surface area contributed by atoms with Gasteiger partial charge in [-0.1, -0.05) is 71.2 Å². The van der Waals surface area contributed by atoms with Gasteiger partial charge in [0, 0.05) is 21.6 Å². The molecule has 11 heteroatoms. The smallest absolute Gasteiger partial charge is 0.255 e. The van der Waals surface area contributed by atoms with Crippen LogP contribution in [0.5, 0.6) is 5.75 Å². The lowest BCUT2D eigenvalue weighted by Gasteiger charge is -2.22. The summed E-state index contributed by atoms with van der Waals surface area (Å²) >= 11 is 18.2. The summed E-state index contributed by atoms with van der Waals surface area (Å²) in [7, 11) is -4.09. The normalized spacial score (nSPS) is 11.6. The monoisotopic (exact) mass is 615 g/mol. The molecule has 0 aliphatic carbocycles. The van der Waals surface area contributed by atoms with Crippen molar-refractivity contribution >= 4 is 56.9 Å². The van der Waals surface area contributed by atoms with Crippen LogP contribution in [0, 0.1) is 0 Å². The van der Waals surface area contributed by atoms with E-state index in [1.807, 2.05) is 30.3 Å². The van der Waals surface area contributed by atoms with Crippen LogP contribution in [0.15, 0.2) is 107 Å². The predicted octanol–water partition coefficient (Wildman–Crippen LogP) is 6.57. The van der Waals surface area contributed by atoms with E-state index < -0.39 is 22.5 Å². The Hall–Kier alpha value is -3.40. The number of carbonyl (C=O) groups is 1. The number of hydrogen-bond donors (Lipinski definition) is 1. The number of hydrogen-bond acceptors (Lipinski definition) is 5. The van der Waals surface area contributed by atoms with E-state index in [9.17, 15) is 13.2 Å². The number of rotatable bonds is 11. The molecule has 4 aromatic rings. The molecule has 0 saturated carbocycles. The Morgan fingerprint density at radius 3 is 2.23 bits per heavy atom. The highest BCUT2D eigenvalue weighted by Crippen LogP contribution is 2.26. The Labute approximate surface area is 248 Å². The number of nitrogens with zero attached hydrogens (tertiary/aromatic N) is 2. The molecule has 1 amide bonds. The van der Waals surface area contributed by atoms with E-state index in [1.165, 1.54) is 36.5 Å². The molecule has 0 spiro atoms. The van der Waals surface area contributed by atoms with Gasteiger partial charge in [0.25, 0.3) is 5.91 Å². The van der Waals surface area contributed by atoms with Gasteiger partial charge >= 0.3 is 0 Å². The van der Waals surface area contributed by atoms with Crippen LogP contribution in [0.4, 0.5) is 0 Å². The molecule has 0 radical (unpaired) electrons. The Bertz CT molecular complexity index is 1580. The maximum Gasteiger partial charge on any atom is 0.255 e. The van der Waals surface area contributed by atoms with Crippen molar-refractivity contribution in [3.63, 3.8) is 0 Å². The average molecular weight is 617 g/mol. The quantitative estimate of drug-likeness (QED) is 0.153. The lowest BCUT2D eigenvalue weighted by atomic mass is 10.2. The van der Waals surface area contributed by atoms with Gasteiger partial charge in [0.2, 0.25) is 10.0 Å². The van der Waals surface area contributed by atoms with E-state index in [4.69, 9.17) is 39.5 Å². The van der Waals surface area contributed by atoms with Crippen LogP contribution in [0.1, 0.15) is 16.7 Å². The van der Waals surface area contributed by atoms with Crippen LogP contribution >= 0.6 is 34.8 Å². The van der Waals surface area contributed by atoms with E-state index in [0.29, 0.717) is 33.5 Å². The standard InChI is InChI=1S/C29H24Cl3N3O4S/c30-24-10-14-27(15-11-24)40(37,38)35(18-23-8-9-25(31)16-28(23)32)19-29(36)34-33-17-21-6-12-26(13-7-21)39-20-22-4-2-1-3-5-22/h1-17H,18-20H2,(H,34,36)/b33-17-. The molecular formula is C29H24Cl3N3O4S. The SMILES string of the molecule is O=C(CN(Cc1ccc(Cl)cc1Cl)S(=O)(=O)c1ccc(Cl)cc1)N/N=C\c1ccc(OCc2ccccc2)cc1. The number of halogens is 3. The molecule has 4 aromatic carbocycles. The summed E-state index contributed by atoms with van der Waals surface area (Å²) in [4.78, 5) is 12.7. The molecule has 0 aliphatic rings. The molecule has 1 N–H and O–H groups in total. The number of ether oxygens (including phenoxy) is 1. The summed E-state index contributed by atoms with van der Waals surface area (Å²) < 4.78 is 33.6. The minimum Gasteiger partial charge on any atom is -0.489 e. The van der Waals surface area contributed by atoms with Gasteiger partial charge in [-0.05, 0) is 77.4 Å². The van der Waals surface area contributed by atoms with Crippen molar-refractivity contribution in [3.05, 3.63) is 129 Å². The molecule has 40 heavy (non-hydrogen) atoms. The number of carbonyl (C=O) groups excluding carboxylic acids is 1. The fraction of sp³-hybridized carbons (Fsp3) is 0.103. The molecule has 0 fully saturated rings. The van der Waals surface area contributed by atoms with Crippen molar-refractivity contribution in [2.24, 2.45) is 5.10 Å². The van der Waals surface area contributed by atoms with Crippen molar-refractivity contribution in [3.8, 4) is 5.75 Å². The van der Waals surface area contributed by atoms with Gasteiger partial charge in [0.05, 0.1) is 17.7 Å². The fourth-order valence-corrected chi connectivity index (χ4v) is 5.56. The highest BCUT2D eigenvalue weighted by molar-refractivity contribution is 7.89. The minimum absolute atomic E-state index is 0.0205. The summed E-state index contributed by atoms with van der Waals surface area (Å²) in [6.07, 6.45) is 1.45. The van der Waals surface area contributed by atoms with Crippen LogP contribution in [0.25, 0.3) is 0 Å². The Kier molecular flexibility index (Phi) is 10.2. The Morgan fingerprint density at radius 1 is 0.875 bits per heavy atom. The first-order valence-electron chi connectivity index (χ1n) is 12.0. The molecule has 0 atom stereocenters. The number of hydrazone groups is 1. The second-order valence-electron chi connectivity index (χ2n) is 8.60. The van der Waals surface area contributed by atoms with Crippen LogP contribution in [-0.2, 0) is 28.0 Å². The van der Waals surface area contributed by atoms with Crippen LogP contribution in [-0.4, -0.2) is 31.4 Å². The third kappa shape index (κ3) is 8.30. The largest absolute Gasteiger partial charge is 0.489 e. The zero-order valence-corrected chi connectivity index (χ0v) is 24.1.